The molecule has 2 atom stereocenters. The second-order valence-corrected chi connectivity index (χ2v) is 6.22. The normalized spacial score (nSPS) is 21.9. The molecule has 1 saturated carbocycles. The van der Waals surface area contributed by atoms with Crippen LogP contribution in [0, 0.1) is 5.92 Å². The minimum atomic E-state index is -0.276. The molecule has 0 bridgehead atoms. The van der Waals surface area contributed by atoms with E-state index in [0.29, 0.717) is 18.1 Å². The molecule has 0 radical (unpaired) electrons. The first kappa shape index (κ1) is 16.1. The van der Waals surface area contributed by atoms with Crippen molar-refractivity contribution in [1.29, 1.82) is 0 Å². The minimum absolute atomic E-state index is 0.118. The Morgan fingerprint density at radius 2 is 2.19 bits per heavy atom. The monoisotopic (exact) mass is 310 g/mol. The summed E-state index contributed by atoms with van der Waals surface area (Å²) in [4.78, 5) is 13.7. The lowest BCUT2D eigenvalue weighted by Gasteiger charge is -2.31. The molecular weight excluding hydrogens is 288 g/mol. The van der Waals surface area contributed by atoms with Gasteiger partial charge in [0.25, 0.3) is 0 Å². The molecule has 2 amide bonds. The molecule has 0 aliphatic heterocycles. The molecule has 1 fully saturated rings. The molecule has 5 heteroatoms. The standard InChI is InChI=1S/C16H23ClN2O2/c1-19(11-13-6-2-3-8-15(13)20)16(21)18-10-12-5-4-7-14(17)9-12/h4-5,7,9,13,15,20H,2-3,6,8,10-11H2,1H3,(H,18,21). The highest BCUT2D eigenvalue weighted by molar-refractivity contribution is 6.30. The third kappa shape index (κ3) is 4.90. The first-order valence-corrected chi connectivity index (χ1v) is 7.85. The number of rotatable bonds is 4. The summed E-state index contributed by atoms with van der Waals surface area (Å²) in [5, 5.41) is 13.5. The highest BCUT2D eigenvalue weighted by Gasteiger charge is 2.25. The maximum absolute atomic E-state index is 12.1. The maximum atomic E-state index is 12.1. The van der Waals surface area contributed by atoms with Gasteiger partial charge >= 0.3 is 6.03 Å². The highest BCUT2D eigenvalue weighted by atomic mass is 35.5. The molecule has 1 aromatic rings. The maximum Gasteiger partial charge on any atom is 0.317 e. The number of hydrogen-bond acceptors (Lipinski definition) is 2. The van der Waals surface area contributed by atoms with Crippen LogP contribution in [0.15, 0.2) is 24.3 Å². The Balaban J connectivity index is 1.79. The zero-order chi connectivity index (χ0) is 15.2. The van der Waals surface area contributed by atoms with Crippen molar-refractivity contribution in [2.24, 2.45) is 5.92 Å². The predicted octanol–water partition coefficient (Wildman–Crippen LogP) is 3.03. The van der Waals surface area contributed by atoms with Crippen LogP contribution in [-0.4, -0.2) is 35.7 Å². The van der Waals surface area contributed by atoms with Gasteiger partial charge in [-0.3, -0.25) is 0 Å². The summed E-state index contributed by atoms with van der Waals surface area (Å²) in [6.45, 7) is 1.06. The summed E-state index contributed by atoms with van der Waals surface area (Å²) < 4.78 is 0. The van der Waals surface area contributed by atoms with E-state index in [0.717, 1.165) is 31.2 Å². The first-order chi connectivity index (χ1) is 10.1. The number of halogens is 1. The Hall–Kier alpha value is -1.26. The van der Waals surface area contributed by atoms with E-state index in [1.807, 2.05) is 24.3 Å². The minimum Gasteiger partial charge on any atom is -0.393 e. The molecule has 2 rings (SSSR count). The van der Waals surface area contributed by atoms with Crippen molar-refractivity contribution in [3.63, 3.8) is 0 Å². The molecule has 0 aromatic heterocycles. The molecule has 2 unspecified atom stereocenters. The molecule has 116 valence electrons. The number of nitrogens with one attached hydrogen (secondary N) is 1. The number of benzene rings is 1. The van der Waals surface area contributed by atoms with E-state index >= 15 is 0 Å². The quantitative estimate of drug-likeness (QED) is 0.898. The lowest BCUT2D eigenvalue weighted by atomic mass is 9.86. The van der Waals surface area contributed by atoms with Crippen LogP contribution < -0.4 is 5.32 Å². The molecule has 21 heavy (non-hydrogen) atoms. The van der Waals surface area contributed by atoms with Gasteiger partial charge in [0.1, 0.15) is 0 Å². The third-order valence-corrected chi connectivity index (χ3v) is 4.29. The molecular formula is C16H23ClN2O2. The Kier molecular flexibility index (Phi) is 5.88. The van der Waals surface area contributed by atoms with E-state index in [1.54, 1.807) is 11.9 Å². The van der Waals surface area contributed by atoms with Gasteiger partial charge in [-0.1, -0.05) is 36.6 Å². The van der Waals surface area contributed by atoms with Gasteiger partial charge in [0, 0.05) is 31.1 Å². The second kappa shape index (κ2) is 7.66. The van der Waals surface area contributed by atoms with E-state index in [4.69, 9.17) is 11.6 Å². The SMILES string of the molecule is CN(CC1CCCCC1O)C(=O)NCc1cccc(Cl)c1. The second-order valence-electron chi connectivity index (χ2n) is 5.78. The van der Waals surface area contributed by atoms with Gasteiger partial charge < -0.3 is 15.3 Å². The molecule has 0 spiro atoms. The Bertz CT molecular complexity index is 481. The lowest BCUT2D eigenvalue weighted by Crippen LogP contribution is -2.42. The van der Waals surface area contributed by atoms with Crippen LogP contribution in [0.5, 0.6) is 0 Å². The van der Waals surface area contributed by atoms with Crippen molar-refractivity contribution in [3.8, 4) is 0 Å². The van der Waals surface area contributed by atoms with Crippen LogP contribution in [0.4, 0.5) is 4.79 Å². The van der Waals surface area contributed by atoms with Crippen LogP contribution in [0.2, 0.25) is 5.02 Å². The van der Waals surface area contributed by atoms with Gasteiger partial charge in [0.15, 0.2) is 0 Å². The fraction of sp³-hybridized carbons (Fsp3) is 0.562. The largest absolute Gasteiger partial charge is 0.393 e. The molecule has 2 N–H and O–H groups in total. The van der Waals surface area contributed by atoms with Gasteiger partial charge in [-0.15, -0.1) is 0 Å². The number of nitrogens with zero attached hydrogens (tertiary/aromatic N) is 1. The first-order valence-electron chi connectivity index (χ1n) is 7.47. The number of hydrogen-bond donors (Lipinski definition) is 2. The lowest BCUT2D eigenvalue weighted by molar-refractivity contribution is 0.0565. The van der Waals surface area contributed by atoms with Crippen molar-refractivity contribution in [2.45, 2.75) is 38.3 Å². The van der Waals surface area contributed by atoms with Crippen LogP contribution in [0.1, 0.15) is 31.2 Å². The molecule has 0 heterocycles. The van der Waals surface area contributed by atoms with Crippen molar-refractivity contribution in [3.05, 3.63) is 34.9 Å². The smallest absolute Gasteiger partial charge is 0.317 e. The summed E-state index contributed by atoms with van der Waals surface area (Å²) >= 11 is 5.92. The van der Waals surface area contributed by atoms with Crippen molar-refractivity contribution in [2.75, 3.05) is 13.6 Å². The van der Waals surface area contributed by atoms with Crippen LogP contribution >= 0.6 is 11.6 Å². The zero-order valence-corrected chi connectivity index (χ0v) is 13.1. The van der Waals surface area contributed by atoms with Gasteiger partial charge in [-0.2, -0.15) is 0 Å². The molecule has 4 nitrogen and oxygen atoms in total. The van der Waals surface area contributed by atoms with Gasteiger partial charge in [0.05, 0.1) is 6.10 Å². The summed E-state index contributed by atoms with van der Waals surface area (Å²) in [5.41, 5.74) is 0.974. The molecule has 1 aromatic carbocycles. The Morgan fingerprint density at radius 3 is 2.90 bits per heavy atom. The van der Waals surface area contributed by atoms with Crippen LogP contribution in [-0.2, 0) is 6.54 Å². The number of carbonyl (C=O) groups is 1. The highest BCUT2D eigenvalue weighted by Crippen LogP contribution is 2.24. The van der Waals surface area contributed by atoms with E-state index in [9.17, 15) is 9.90 Å². The van der Waals surface area contributed by atoms with Crippen molar-refractivity contribution < 1.29 is 9.90 Å². The van der Waals surface area contributed by atoms with E-state index < -0.39 is 0 Å². The number of carbonyl (C=O) groups excluding carboxylic acids is 1. The third-order valence-electron chi connectivity index (χ3n) is 4.06. The predicted molar refractivity (Wildman–Crippen MR) is 84.3 cm³/mol. The number of aliphatic hydroxyl groups excluding tert-OH is 1. The van der Waals surface area contributed by atoms with Crippen LogP contribution in [0.25, 0.3) is 0 Å². The molecule has 1 aliphatic carbocycles. The van der Waals surface area contributed by atoms with E-state index in [-0.39, 0.29) is 18.1 Å². The van der Waals surface area contributed by atoms with Crippen molar-refractivity contribution >= 4 is 17.6 Å². The van der Waals surface area contributed by atoms with E-state index in [1.165, 1.54) is 0 Å². The molecule has 0 saturated heterocycles. The Labute approximate surface area is 131 Å². The fourth-order valence-electron chi connectivity index (χ4n) is 2.80. The number of urea groups is 1. The zero-order valence-electron chi connectivity index (χ0n) is 12.4. The van der Waals surface area contributed by atoms with Crippen molar-refractivity contribution in [1.82, 2.24) is 10.2 Å². The summed E-state index contributed by atoms with van der Waals surface area (Å²) in [7, 11) is 1.77. The molecule has 1 aliphatic rings. The topological polar surface area (TPSA) is 52.6 Å². The average molecular weight is 311 g/mol. The van der Waals surface area contributed by atoms with Crippen LogP contribution in [0.3, 0.4) is 0 Å². The van der Waals surface area contributed by atoms with Gasteiger partial charge in [0.2, 0.25) is 0 Å². The summed E-state index contributed by atoms with van der Waals surface area (Å²) in [6, 6.07) is 7.33. The van der Waals surface area contributed by atoms with E-state index in [2.05, 4.69) is 5.32 Å². The number of amides is 2. The summed E-state index contributed by atoms with van der Waals surface area (Å²) in [6.07, 6.45) is 3.79. The van der Waals surface area contributed by atoms with Gasteiger partial charge in [-0.25, -0.2) is 4.79 Å². The van der Waals surface area contributed by atoms with Gasteiger partial charge in [-0.05, 0) is 30.5 Å². The Morgan fingerprint density at radius 1 is 1.43 bits per heavy atom. The fourth-order valence-corrected chi connectivity index (χ4v) is 3.01. The average Bonchev–Trinajstić information content (AvgIpc) is 2.47. The number of aliphatic hydroxyl groups is 1. The summed E-state index contributed by atoms with van der Waals surface area (Å²) in [5.74, 6) is 0.195.